The number of hydrogen-bond acceptors (Lipinski definition) is 5. The first kappa shape index (κ1) is 19.2. The van der Waals surface area contributed by atoms with Gasteiger partial charge in [-0.25, -0.2) is 0 Å². The van der Waals surface area contributed by atoms with E-state index in [1.54, 1.807) is 17.9 Å². The van der Waals surface area contributed by atoms with E-state index in [9.17, 15) is 9.59 Å². The molecule has 2 fully saturated rings. The standard InChI is InChI=1S/C21H29N3O4/c1-12(2)6-5-7-13(3)22-19(25)17-15-8-9-21(27-15)11-24(20(26)18(17)21)16-10-14(4)28-23-16/h8-10,12-13,15,17-18H,5-7,11H2,1-4H3,(H,22,25)/t13-,15+,17-,18+,21+/m0/s1. The van der Waals surface area contributed by atoms with E-state index >= 15 is 0 Å². The molecule has 5 atom stereocenters. The summed E-state index contributed by atoms with van der Waals surface area (Å²) in [6, 6.07) is 1.81. The molecule has 1 aromatic heterocycles. The molecule has 2 saturated heterocycles. The highest BCUT2D eigenvalue weighted by Gasteiger charge is 2.67. The fourth-order valence-electron chi connectivity index (χ4n) is 4.72. The van der Waals surface area contributed by atoms with Crippen LogP contribution in [0.25, 0.3) is 0 Å². The summed E-state index contributed by atoms with van der Waals surface area (Å²) >= 11 is 0. The Morgan fingerprint density at radius 2 is 2.18 bits per heavy atom. The lowest BCUT2D eigenvalue weighted by molar-refractivity contribution is -0.132. The Morgan fingerprint density at radius 3 is 2.86 bits per heavy atom. The SMILES string of the molecule is Cc1cc(N2C[C@@]34C=C[C@@H](O3)[C@H](C(=O)N[C@@H](C)CCCC(C)C)[C@@H]4C2=O)no1. The molecular weight excluding hydrogens is 358 g/mol. The van der Waals surface area contributed by atoms with Crippen molar-refractivity contribution in [3.05, 3.63) is 24.0 Å². The smallest absolute Gasteiger partial charge is 0.235 e. The molecule has 3 aliphatic heterocycles. The maximum absolute atomic E-state index is 13.2. The van der Waals surface area contributed by atoms with Crippen LogP contribution in [0.3, 0.4) is 0 Å². The number of nitrogens with one attached hydrogen (secondary N) is 1. The number of hydrogen-bond donors (Lipinski definition) is 1. The van der Waals surface area contributed by atoms with E-state index in [2.05, 4.69) is 24.3 Å². The van der Waals surface area contributed by atoms with E-state index in [1.807, 2.05) is 19.1 Å². The second-order valence-electron chi connectivity index (χ2n) is 8.85. The van der Waals surface area contributed by atoms with Crippen LogP contribution in [0.1, 0.15) is 45.8 Å². The molecule has 7 heteroatoms. The van der Waals surface area contributed by atoms with Gasteiger partial charge in [0.15, 0.2) is 5.82 Å². The number of aryl methyl sites for hydroxylation is 1. The summed E-state index contributed by atoms with van der Waals surface area (Å²) in [7, 11) is 0. The average molecular weight is 387 g/mol. The molecule has 1 spiro atoms. The largest absolute Gasteiger partial charge is 0.360 e. The zero-order valence-electron chi connectivity index (χ0n) is 17.0. The summed E-state index contributed by atoms with van der Waals surface area (Å²) in [5, 5.41) is 7.08. The highest BCUT2D eigenvalue weighted by atomic mass is 16.5. The average Bonchev–Trinajstić information content (AvgIpc) is 3.35. The molecule has 1 N–H and O–H groups in total. The van der Waals surface area contributed by atoms with E-state index in [-0.39, 0.29) is 24.0 Å². The molecule has 2 bridgehead atoms. The number of aromatic nitrogens is 1. The van der Waals surface area contributed by atoms with Crippen LogP contribution in [0.15, 0.2) is 22.7 Å². The minimum absolute atomic E-state index is 0.0797. The lowest BCUT2D eigenvalue weighted by Gasteiger charge is -2.25. The van der Waals surface area contributed by atoms with Crippen LogP contribution in [0, 0.1) is 24.7 Å². The lowest BCUT2D eigenvalue weighted by Crippen LogP contribution is -2.46. The van der Waals surface area contributed by atoms with E-state index in [0.717, 1.165) is 19.3 Å². The van der Waals surface area contributed by atoms with Crippen molar-refractivity contribution in [2.75, 3.05) is 11.4 Å². The number of ether oxygens (including phenoxy) is 1. The minimum atomic E-state index is -0.739. The molecule has 0 radical (unpaired) electrons. The highest BCUT2D eigenvalue weighted by Crippen LogP contribution is 2.52. The van der Waals surface area contributed by atoms with E-state index in [0.29, 0.717) is 24.0 Å². The quantitative estimate of drug-likeness (QED) is 0.727. The third-order valence-electron chi connectivity index (χ3n) is 6.10. The van der Waals surface area contributed by atoms with Gasteiger partial charge in [0.1, 0.15) is 11.4 Å². The first-order chi connectivity index (χ1) is 13.3. The summed E-state index contributed by atoms with van der Waals surface area (Å²) in [4.78, 5) is 27.8. The maximum Gasteiger partial charge on any atom is 0.235 e. The van der Waals surface area contributed by atoms with Gasteiger partial charge in [0.25, 0.3) is 0 Å². The molecule has 0 unspecified atom stereocenters. The second kappa shape index (κ2) is 7.03. The zero-order valence-corrected chi connectivity index (χ0v) is 17.0. The zero-order chi connectivity index (χ0) is 20.1. The molecular formula is C21H29N3O4. The van der Waals surface area contributed by atoms with Gasteiger partial charge in [0.05, 0.1) is 24.5 Å². The number of carbonyl (C=O) groups is 2. The molecule has 2 amide bonds. The molecule has 152 valence electrons. The molecule has 4 rings (SSSR count). The van der Waals surface area contributed by atoms with Crippen LogP contribution in [0.4, 0.5) is 5.82 Å². The number of nitrogens with zero attached hydrogens (tertiary/aromatic N) is 2. The van der Waals surface area contributed by atoms with Crippen molar-refractivity contribution in [3.8, 4) is 0 Å². The summed E-state index contributed by atoms with van der Waals surface area (Å²) in [5.74, 6) is 0.563. The fraction of sp³-hybridized carbons (Fsp3) is 0.667. The highest BCUT2D eigenvalue weighted by molar-refractivity contribution is 6.02. The Labute approximate surface area is 165 Å². The minimum Gasteiger partial charge on any atom is -0.360 e. The number of carbonyl (C=O) groups excluding carboxylic acids is 2. The van der Waals surface area contributed by atoms with Crippen LogP contribution in [0.5, 0.6) is 0 Å². The van der Waals surface area contributed by atoms with Gasteiger partial charge in [-0.2, -0.15) is 0 Å². The van der Waals surface area contributed by atoms with Crippen molar-refractivity contribution >= 4 is 17.6 Å². The fourth-order valence-corrected chi connectivity index (χ4v) is 4.72. The van der Waals surface area contributed by atoms with Crippen LogP contribution < -0.4 is 10.2 Å². The van der Waals surface area contributed by atoms with Gasteiger partial charge in [-0.3, -0.25) is 14.5 Å². The van der Waals surface area contributed by atoms with Crippen LogP contribution >= 0.6 is 0 Å². The van der Waals surface area contributed by atoms with Crippen molar-refractivity contribution in [2.24, 2.45) is 17.8 Å². The molecule has 28 heavy (non-hydrogen) atoms. The van der Waals surface area contributed by atoms with E-state index in [4.69, 9.17) is 9.26 Å². The summed E-state index contributed by atoms with van der Waals surface area (Å²) in [6.07, 6.45) is 6.70. The lowest BCUT2D eigenvalue weighted by atomic mass is 9.76. The first-order valence-electron chi connectivity index (χ1n) is 10.2. The molecule has 1 aromatic rings. The van der Waals surface area contributed by atoms with Crippen LogP contribution in [-0.4, -0.2) is 41.3 Å². The Bertz CT molecular complexity index is 801. The number of anilines is 1. The van der Waals surface area contributed by atoms with Crippen molar-refractivity contribution in [3.63, 3.8) is 0 Å². The summed E-state index contributed by atoms with van der Waals surface area (Å²) in [5.41, 5.74) is -0.739. The van der Waals surface area contributed by atoms with Gasteiger partial charge >= 0.3 is 0 Å². The number of rotatable bonds is 7. The van der Waals surface area contributed by atoms with Gasteiger partial charge < -0.3 is 14.6 Å². The van der Waals surface area contributed by atoms with Gasteiger partial charge in [-0.1, -0.05) is 44.0 Å². The molecule has 7 nitrogen and oxygen atoms in total. The van der Waals surface area contributed by atoms with Crippen LogP contribution in [0.2, 0.25) is 0 Å². The Morgan fingerprint density at radius 1 is 1.39 bits per heavy atom. The third kappa shape index (κ3) is 3.15. The maximum atomic E-state index is 13.2. The van der Waals surface area contributed by atoms with Crippen LogP contribution in [-0.2, 0) is 14.3 Å². The number of amides is 2. The Hall–Kier alpha value is -2.15. The topological polar surface area (TPSA) is 84.7 Å². The van der Waals surface area contributed by atoms with E-state index in [1.165, 1.54) is 0 Å². The molecule has 0 aliphatic carbocycles. The molecule has 4 heterocycles. The Balaban J connectivity index is 1.46. The van der Waals surface area contributed by atoms with Gasteiger partial charge in [-0.15, -0.1) is 0 Å². The molecule has 0 aromatic carbocycles. The monoisotopic (exact) mass is 387 g/mol. The summed E-state index contributed by atoms with van der Waals surface area (Å²) < 4.78 is 11.3. The van der Waals surface area contributed by atoms with Crippen molar-refractivity contribution in [2.45, 2.75) is 64.7 Å². The molecule has 3 aliphatic rings. The van der Waals surface area contributed by atoms with Crippen molar-refractivity contribution in [1.82, 2.24) is 10.5 Å². The van der Waals surface area contributed by atoms with E-state index < -0.39 is 17.4 Å². The molecule has 0 saturated carbocycles. The number of fused-ring (bicyclic) bond motifs is 1. The van der Waals surface area contributed by atoms with Crippen molar-refractivity contribution < 1.29 is 18.8 Å². The summed E-state index contributed by atoms with van der Waals surface area (Å²) in [6.45, 7) is 8.59. The second-order valence-corrected chi connectivity index (χ2v) is 8.85. The van der Waals surface area contributed by atoms with Gasteiger partial charge in [-0.05, 0) is 26.2 Å². The predicted octanol–water partition coefficient (Wildman–Crippen LogP) is 2.60. The third-order valence-corrected chi connectivity index (χ3v) is 6.10. The van der Waals surface area contributed by atoms with Gasteiger partial charge in [0, 0.05) is 12.1 Å². The van der Waals surface area contributed by atoms with Gasteiger partial charge in [0.2, 0.25) is 11.8 Å². The first-order valence-corrected chi connectivity index (χ1v) is 10.2. The normalized spacial score (nSPS) is 31.7. The predicted molar refractivity (Wildman–Crippen MR) is 104 cm³/mol. The Kier molecular flexibility index (Phi) is 4.81. The van der Waals surface area contributed by atoms with Crippen molar-refractivity contribution in [1.29, 1.82) is 0 Å².